The van der Waals surface area contributed by atoms with E-state index in [1.54, 1.807) is 77.6 Å². The van der Waals surface area contributed by atoms with Crippen molar-refractivity contribution in [3.8, 4) is 17.9 Å². The monoisotopic (exact) mass is 647 g/mol. The number of likely N-dealkylation sites (tertiary alicyclic amines) is 1. The molecule has 3 aromatic rings. The minimum absolute atomic E-state index is 0.0312. The van der Waals surface area contributed by atoms with E-state index in [1.165, 1.54) is 11.0 Å². The predicted molar refractivity (Wildman–Crippen MR) is 172 cm³/mol. The van der Waals surface area contributed by atoms with Gasteiger partial charge < -0.3 is 23.7 Å². The second-order valence-electron chi connectivity index (χ2n) is 13.9. The number of nitrogens with zero attached hydrogens (tertiary/aromatic N) is 7. The lowest BCUT2D eigenvalue weighted by atomic mass is 10.1. The predicted octanol–water partition coefficient (Wildman–Crippen LogP) is 5.94. The lowest BCUT2D eigenvalue weighted by Gasteiger charge is -2.28. The zero-order valence-corrected chi connectivity index (χ0v) is 28.3. The Kier molecular flexibility index (Phi) is 9.24. The Labute approximate surface area is 274 Å². The first-order valence-corrected chi connectivity index (χ1v) is 15.8. The molecule has 1 aliphatic carbocycles. The summed E-state index contributed by atoms with van der Waals surface area (Å²) in [5.74, 6) is 5.41. The number of anilines is 1. The van der Waals surface area contributed by atoms with Gasteiger partial charge >= 0.3 is 12.2 Å². The molecule has 12 nitrogen and oxygen atoms in total. The smallest absolute Gasteiger partial charge is 0.416 e. The molecule has 1 saturated heterocycles. The first-order valence-electron chi connectivity index (χ1n) is 15.8. The highest BCUT2D eigenvalue weighted by Gasteiger charge is 2.41. The molecule has 0 spiro atoms. The Morgan fingerprint density at radius 1 is 1.09 bits per heavy atom. The zero-order chi connectivity index (χ0) is 34.3. The first-order chi connectivity index (χ1) is 22.1. The molecule has 1 aliphatic heterocycles. The van der Waals surface area contributed by atoms with E-state index in [2.05, 4.69) is 22.9 Å². The van der Waals surface area contributed by atoms with Gasteiger partial charge in [0.1, 0.15) is 28.7 Å². The maximum absolute atomic E-state index is 15.3. The summed E-state index contributed by atoms with van der Waals surface area (Å²) in [6, 6.07) is 4.70. The molecule has 0 N–H and O–H groups in total. The number of benzene rings is 1. The van der Waals surface area contributed by atoms with Crippen LogP contribution < -0.4 is 4.90 Å². The SMILES string of the molecule is CCN(C(=O)OC(C)(C)C)c1c(C#N)c(C#Cc2cc3ncn(C4CC4)c3cc2F)nn1[C@H]1C[C@H](COC)N(C(=O)OC(C)(C)C)C1. The van der Waals surface area contributed by atoms with Gasteiger partial charge in [0.2, 0.25) is 0 Å². The van der Waals surface area contributed by atoms with E-state index in [-0.39, 0.29) is 48.4 Å². The van der Waals surface area contributed by atoms with Crippen molar-refractivity contribution < 1.29 is 28.2 Å². The molecule has 5 rings (SSSR count). The van der Waals surface area contributed by atoms with Crippen molar-refractivity contribution in [3.63, 3.8) is 0 Å². The number of carbonyl (C=O) groups is 2. The number of hydrogen-bond acceptors (Lipinski definition) is 8. The number of imidazole rings is 1. The molecule has 1 aromatic carbocycles. The van der Waals surface area contributed by atoms with E-state index in [0.29, 0.717) is 23.5 Å². The molecular weight excluding hydrogens is 605 g/mol. The van der Waals surface area contributed by atoms with Gasteiger partial charge in [-0.25, -0.2) is 23.6 Å². The first kappa shape index (κ1) is 33.7. The molecular formula is C34H42FN7O5. The van der Waals surface area contributed by atoms with E-state index in [0.717, 1.165) is 12.8 Å². The number of hydrogen-bond donors (Lipinski definition) is 0. The van der Waals surface area contributed by atoms with Crippen molar-refractivity contribution in [1.82, 2.24) is 24.2 Å². The van der Waals surface area contributed by atoms with Crippen LogP contribution in [0.3, 0.4) is 0 Å². The van der Waals surface area contributed by atoms with Crippen LogP contribution >= 0.6 is 0 Å². The highest BCUT2D eigenvalue weighted by atomic mass is 19.1. The lowest BCUT2D eigenvalue weighted by Crippen LogP contribution is -2.42. The fraction of sp³-hybridized carbons (Fsp3) is 0.559. The maximum atomic E-state index is 15.3. The van der Waals surface area contributed by atoms with Crippen LogP contribution in [-0.2, 0) is 14.2 Å². The molecule has 3 heterocycles. The van der Waals surface area contributed by atoms with Gasteiger partial charge in [-0.15, -0.1) is 0 Å². The number of nitriles is 1. The van der Waals surface area contributed by atoms with E-state index in [1.807, 2.05) is 4.57 Å². The second kappa shape index (κ2) is 12.9. The number of aromatic nitrogens is 4. The Morgan fingerprint density at radius 2 is 1.79 bits per heavy atom. The lowest BCUT2D eigenvalue weighted by molar-refractivity contribution is 0.0145. The third-order valence-electron chi connectivity index (χ3n) is 7.83. The van der Waals surface area contributed by atoms with Gasteiger partial charge in [-0.1, -0.05) is 5.92 Å². The Bertz CT molecular complexity index is 1780. The molecule has 250 valence electrons. The molecule has 2 aliphatic rings. The molecule has 0 radical (unpaired) electrons. The van der Waals surface area contributed by atoms with Gasteiger partial charge in [-0.2, -0.15) is 10.4 Å². The summed E-state index contributed by atoms with van der Waals surface area (Å²) in [7, 11) is 1.55. The number of carbonyl (C=O) groups excluding carboxylic acids is 2. The van der Waals surface area contributed by atoms with Crippen molar-refractivity contribution >= 4 is 29.0 Å². The highest BCUT2D eigenvalue weighted by molar-refractivity contribution is 5.89. The largest absolute Gasteiger partial charge is 0.444 e. The van der Waals surface area contributed by atoms with Gasteiger partial charge in [0.15, 0.2) is 11.5 Å². The number of methoxy groups -OCH3 is 1. The van der Waals surface area contributed by atoms with Crippen LogP contribution in [-0.4, -0.2) is 80.5 Å². The second-order valence-corrected chi connectivity index (χ2v) is 13.9. The Hall–Kier alpha value is -4.62. The van der Waals surface area contributed by atoms with Crippen LogP contribution in [0.5, 0.6) is 0 Å². The van der Waals surface area contributed by atoms with Gasteiger partial charge in [-0.3, -0.25) is 4.90 Å². The Balaban J connectivity index is 1.59. The molecule has 2 aromatic heterocycles. The third kappa shape index (κ3) is 7.36. The average molecular weight is 648 g/mol. The molecule has 13 heteroatoms. The van der Waals surface area contributed by atoms with E-state index in [4.69, 9.17) is 19.3 Å². The minimum Gasteiger partial charge on any atom is -0.444 e. The van der Waals surface area contributed by atoms with Gasteiger partial charge in [0.05, 0.1) is 41.6 Å². The van der Waals surface area contributed by atoms with Crippen LogP contribution in [0.15, 0.2) is 18.5 Å². The van der Waals surface area contributed by atoms with Gasteiger partial charge in [0, 0.05) is 32.3 Å². The van der Waals surface area contributed by atoms with Crippen LogP contribution in [0, 0.1) is 29.0 Å². The summed E-state index contributed by atoms with van der Waals surface area (Å²) >= 11 is 0. The van der Waals surface area contributed by atoms with E-state index in [9.17, 15) is 14.9 Å². The summed E-state index contributed by atoms with van der Waals surface area (Å²) < 4.78 is 35.6. The van der Waals surface area contributed by atoms with E-state index < -0.39 is 35.2 Å². The number of ether oxygens (including phenoxy) is 3. The number of rotatable bonds is 6. The zero-order valence-electron chi connectivity index (χ0n) is 28.3. The van der Waals surface area contributed by atoms with Crippen LogP contribution in [0.4, 0.5) is 19.8 Å². The minimum atomic E-state index is -0.808. The molecule has 2 atom stereocenters. The van der Waals surface area contributed by atoms with Gasteiger partial charge in [0.25, 0.3) is 0 Å². The van der Waals surface area contributed by atoms with Crippen LogP contribution in [0.25, 0.3) is 11.0 Å². The topological polar surface area (TPSA) is 128 Å². The standard InChI is InChI=1S/C34H42FN7O5/c1-9-39(31(43)46-33(2,3)4)30-25(17-36)27(13-10-21-14-28-29(16-26(21)35)41(20-37-28)22-11-12-22)38-42(30)23-15-24(19-45-8)40(18-23)32(44)47-34(5,6)7/h14,16,20,22-24H,9,11-12,15,18-19H2,1-8H3/t23-,24+/m0/s1. The molecule has 0 bridgehead atoms. The summed E-state index contributed by atoms with van der Waals surface area (Å²) in [5, 5.41) is 15.2. The molecule has 47 heavy (non-hydrogen) atoms. The number of halogens is 1. The third-order valence-corrected chi connectivity index (χ3v) is 7.83. The normalized spacial score (nSPS) is 18.1. The van der Waals surface area contributed by atoms with Crippen molar-refractivity contribution in [3.05, 3.63) is 41.1 Å². The summed E-state index contributed by atoms with van der Waals surface area (Å²) in [6.45, 7) is 13.0. The molecule has 0 unspecified atom stereocenters. The fourth-order valence-electron chi connectivity index (χ4n) is 5.69. The highest BCUT2D eigenvalue weighted by Crippen LogP contribution is 2.38. The molecule has 2 fully saturated rings. The van der Waals surface area contributed by atoms with Crippen molar-refractivity contribution in [1.29, 1.82) is 5.26 Å². The number of fused-ring (bicyclic) bond motifs is 1. The molecule has 2 amide bonds. The van der Waals surface area contributed by atoms with Crippen molar-refractivity contribution in [2.75, 3.05) is 31.7 Å². The summed E-state index contributed by atoms with van der Waals surface area (Å²) in [6.07, 6.45) is 3.02. The maximum Gasteiger partial charge on any atom is 0.416 e. The Morgan fingerprint density at radius 3 is 2.38 bits per heavy atom. The average Bonchev–Trinajstić information content (AvgIpc) is 3.43. The number of amides is 2. The van der Waals surface area contributed by atoms with Crippen molar-refractivity contribution in [2.24, 2.45) is 0 Å². The fourth-order valence-corrected chi connectivity index (χ4v) is 5.69. The molecule has 1 saturated carbocycles. The quantitative estimate of drug-likeness (QED) is 0.301. The van der Waals surface area contributed by atoms with Crippen molar-refractivity contribution in [2.45, 2.75) is 97.1 Å². The van der Waals surface area contributed by atoms with Crippen LogP contribution in [0.2, 0.25) is 0 Å². The summed E-state index contributed by atoms with van der Waals surface area (Å²) in [4.78, 5) is 34.1. The van der Waals surface area contributed by atoms with E-state index >= 15 is 4.39 Å². The summed E-state index contributed by atoms with van der Waals surface area (Å²) in [5.41, 5.74) is -0.00107. The van der Waals surface area contributed by atoms with Gasteiger partial charge in [-0.05, 0) is 79.7 Å². The van der Waals surface area contributed by atoms with Crippen LogP contribution in [0.1, 0.15) is 96.6 Å².